The van der Waals surface area contributed by atoms with E-state index in [-0.39, 0.29) is 11.8 Å². The predicted octanol–water partition coefficient (Wildman–Crippen LogP) is 4.17. The van der Waals surface area contributed by atoms with Gasteiger partial charge in [0.05, 0.1) is 4.90 Å². The average molecular weight is 437 g/mol. The fourth-order valence-electron chi connectivity index (χ4n) is 4.26. The van der Waals surface area contributed by atoms with Crippen LogP contribution in [0.25, 0.3) is 10.8 Å². The second kappa shape index (κ2) is 8.81. The van der Waals surface area contributed by atoms with Gasteiger partial charge in [-0.1, -0.05) is 54.6 Å². The van der Waals surface area contributed by atoms with Gasteiger partial charge in [-0.2, -0.15) is 4.31 Å². The molecule has 1 N–H and O–H groups in total. The normalized spacial score (nSPS) is 15.8. The fourth-order valence-corrected chi connectivity index (χ4v) is 6.04. The third kappa shape index (κ3) is 4.50. The van der Waals surface area contributed by atoms with E-state index >= 15 is 0 Å². The molecule has 0 aliphatic carbocycles. The molecule has 0 spiro atoms. The van der Waals surface area contributed by atoms with E-state index < -0.39 is 10.0 Å². The molecular formula is C25H28N2O3S. The van der Waals surface area contributed by atoms with Gasteiger partial charge in [0.1, 0.15) is 0 Å². The Morgan fingerprint density at radius 3 is 2.48 bits per heavy atom. The van der Waals surface area contributed by atoms with E-state index in [1.165, 1.54) is 4.31 Å². The van der Waals surface area contributed by atoms with Crippen molar-refractivity contribution >= 4 is 26.7 Å². The molecule has 3 aromatic rings. The number of hydrogen-bond acceptors (Lipinski definition) is 3. The molecule has 0 atom stereocenters. The highest BCUT2D eigenvalue weighted by Gasteiger charge is 2.32. The Labute approximate surface area is 184 Å². The van der Waals surface area contributed by atoms with Crippen molar-refractivity contribution in [2.24, 2.45) is 5.92 Å². The summed E-state index contributed by atoms with van der Waals surface area (Å²) in [5.41, 5.74) is 2.76. The van der Waals surface area contributed by atoms with Gasteiger partial charge in [0.2, 0.25) is 15.9 Å². The molecule has 0 bridgehead atoms. The Bertz CT molecular complexity index is 1210. The molecule has 0 unspecified atom stereocenters. The fraction of sp³-hybridized carbons (Fsp3) is 0.320. The molecule has 5 nitrogen and oxygen atoms in total. The molecule has 0 radical (unpaired) electrons. The summed E-state index contributed by atoms with van der Waals surface area (Å²) in [6.45, 7) is 4.91. The second-order valence-corrected chi connectivity index (χ2v) is 10.2. The Hall–Kier alpha value is -2.70. The zero-order valence-electron chi connectivity index (χ0n) is 18.0. The van der Waals surface area contributed by atoms with Crippen LogP contribution >= 0.6 is 0 Å². The first kappa shape index (κ1) is 21.5. The summed E-state index contributed by atoms with van der Waals surface area (Å²) >= 11 is 0. The second-order valence-electron chi connectivity index (χ2n) is 8.30. The Kier molecular flexibility index (Phi) is 6.12. The lowest BCUT2D eigenvalue weighted by atomic mass is 9.97. The molecular weight excluding hydrogens is 408 g/mol. The quantitative estimate of drug-likeness (QED) is 0.653. The van der Waals surface area contributed by atoms with Crippen LogP contribution in [0, 0.1) is 19.8 Å². The summed E-state index contributed by atoms with van der Waals surface area (Å²) in [7, 11) is -3.54. The van der Waals surface area contributed by atoms with Gasteiger partial charge < -0.3 is 5.32 Å². The van der Waals surface area contributed by atoms with Crippen LogP contribution in [-0.4, -0.2) is 31.7 Å². The Balaban J connectivity index is 1.38. The molecule has 6 heteroatoms. The van der Waals surface area contributed by atoms with Crippen LogP contribution in [-0.2, 0) is 21.4 Å². The smallest absolute Gasteiger partial charge is 0.243 e. The first-order valence-corrected chi connectivity index (χ1v) is 12.1. The zero-order chi connectivity index (χ0) is 22.0. The number of aryl methyl sites for hydroxylation is 2. The molecule has 3 aromatic carbocycles. The van der Waals surface area contributed by atoms with Gasteiger partial charge in [-0.3, -0.25) is 4.79 Å². The van der Waals surface area contributed by atoms with Crippen molar-refractivity contribution in [2.75, 3.05) is 13.1 Å². The molecule has 4 rings (SSSR count). The number of piperidine rings is 1. The zero-order valence-corrected chi connectivity index (χ0v) is 18.8. The maximum Gasteiger partial charge on any atom is 0.243 e. The first-order valence-electron chi connectivity index (χ1n) is 10.7. The van der Waals surface area contributed by atoms with Gasteiger partial charge in [0.25, 0.3) is 0 Å². The molecule has 31 heavy (non-hydrogen) atoms. The molecule has 1 amide bonds. The SMILES string of the molecule is Cc1ccc(C)c(S(=O)(=O)N2CCC(C(=O)NCc3cccc4ccccc34)CC2)c1. The number of nitrogens with zero attached hydrogens (tertiary/aromatic N) is 1. The van der Waals surface area contributed by atoms with Gasteiger partial charge in [0, 0.05) is 25.6 Å². The molecule has 1 aliphatic rings. The number of carbonyl (C=O) groups excluding carboxylic acids is 1. The van der Waals surface area contributed by atoms with Gasteiger partial charge in [0.15, 0.2) is 0 Å². The summed E-state index contributed by atoms with van der Waals surface area (Å²) in [5.74, 6) is -0.170. The summed E-state index contributed by atoms with van der Waals surface area (Å²) in [4.78, 5) is 13.1. The van der Waals surface area contributed by atoms with Crippen molar-refractivity contribution in [3.05, 3.63) is 77.4 Å². The van der Waals surface area contributed by atoms with E-state index in [2.05, 4.69) is 23.5 Å². The number of hydrogen-bond donors (Lipinski definition) is 1. The van der Waals surface area contributed by atoms with Crippen LogP contribution in [0.4, 0.5) is 0 Å². The van der Waals surface area contributed by atoms with Crippen molar-refractivity contribution in [3.63, 3.8) is 0 Å². The number of sulfonamides is 1. The lowest BCUT2D eigenvalue weighted by Gasteiger charge is -2.31. The summed E-state index contributed by atoms with van der Waals surface area (Å²) < 4.78 is 27.7. The molecule has 1 fully saturated rings. The van der Waals surface area contributed by atoms with E-state index in [4.69, 9.17) is 0 Å². The van der Waals surface area contributed by atoms with Crippen LogP contribution < -0.4 is 5.32 Å². The van der Waals surface area contributed by atoms with Crippen LogP contribution in [0.2, 0.25) is 0 Å². The largest absolute Gasteiger partial charge is 0.352 e. The average Bonchev–Trinajstić information content (AvgIpc) is 2.79. The third-order valence-electron chi connectivity index (χ3n) is 6.12. The molecule has 162 valence electrons. The number of nitrogens with one attached hydrogen (secondary N) is 1. The van der Waals surface area contributed by atoms with Crippen LogP contribution in [0.5, 0.6) is 0 Å². The van der Waals surface area contributed by atoms with E-state index in [1.807, 2.05) is 50.2 Å². The van der Waals surface area contributed by atoms with Gasteiger partial charge in [-0.25, -0.2) is 8.42 Å². The summed E-state index contributed by atoms with van der Waals surface area (Å²) in [6, 6.07) is 19.7. The van der Waals surface area contributed by atoms with Gasteiger partial charge in [-0.15, -0.1) is 0 Å². The maximum absolute atomic E-state index is 13.1. The number of benzene rings is 3. The summed E-state index contributed by atoms with van der Waals surface area (Å²) in [5, 5.41) is 5.35. The topological polar surface area (TPSA) is 66.5 Å². The van der Waals surface area contributed by atoms with Crippen molar-refractivity contribution in [2.45, 2.75) is 38.1 Å². The van der Waals surface area contributed by atoms with Crippen molar-refractivity contribution in [1.82, 2.24) is 9.62 Å². The highest BCUT2D eigenvalue weighted by Crippen LogP contribution is 2.27. The lowest BCUT2D eigenvalue weighted by Crippen LogP contribution is -2.43. The highest BCUT2D eigenvalue weighted by molar-refractivity contribution is 7.89. The van der Waals surface area contributed by atoms with E-state index in [0.29, 0.717) is 37.4 Å². The first-order chi connectivity index (χ1) is 14.9. The Morgan fingerprint density at radius 1 is 1.00 bits per heavy atom. The molecule has 1 saturated heterocycles. The Morgan fingerprint density at radius 2 is 1.71 bits per heavy atom. The number of fused-ring (bicyclic) bond motifs is 1. The van der Waals surface area contributed by atoms with E-state index in [1.54, 1.807) is 6.07 Å². The molecule has 1 aliphatic heterocycles. The van der Waals surface area contributed by atoms with E-state index in [0.717, 1.165) is 27.5 Å². The highest BCUT2D eigenvalue weighted by atomic mass is 32.2. The van der Waals surface area contributed by atoms with Crippen molar-refractivity contribution in [1.29, 1.82) is 0 Å². The van der Waals surface area contributed by atoms with Crippen LogP contribution in [0.3, 0.4) is 0 Å². The number of amides is 1. The van der Waals surface area contributed by atoms with Crippen molar-refractivity contribution < 1.29 is 13.2 Å². The third-order valence-corrected chi connectivity index (χ3v) is 8.16. The molecule has 0 saturated carbocycles. The maximum atomic E-state index is 13.1. The van der Waals surface area contributed by atoms with Crippen LogP contribution in [0.15, 0.2) is 65.6 Å². The number of carbonyl (C=O) groups is 1. The van der Waals surface area contributed by atoms with Crippen molar-refractivity contribution in [3.8, 4) is 0 Å². The summed E-state index contributed by atoms with van der Waals surface area (Å²) in [6.07, 6.45) is 1.07. The van der Waals surface area contributed by atoms with Gasteiger partial charge in [-0.05, 0) is 60.2 Å². The van der Waals surface area contributed by atoms with E-state index in [9.17, 15) is 13.2 Å². The lowest BCUT2D eigenvalue weighted by molar-refractivity contribution is -0.126. The minimum absolute atomic E-state index is 0.00304. The number of rotatable bonds is 5. The minimum Gasteiger partial charge on any atom is -0.352 e. The standard InChI is InChI=1S/C25H28N2O3S/c1-18-10-11-19(2)24(16-18)31(29,30)27-14-12-21(13-15-27)25(28)26-17-22-8-5-7-20-6-3-4-9-23(20)22/h3-11,16,21H,12-15,17H2,1-2H3,(H,26,28). The van der Waals surface area contributed by atoms with Crippen LogP contribution in [0.1, 0.15) is 29.5 Å². The monoisotopic (exact) mass is 436 g/mol. The molecule has 1 heterocycles. The molecule has 0 aromatic heterocycles. The minimum atomic E-state index is -3.54. The van der Waals surface area contributed by atoms with Gasteiger partial charge >= 0.3 is 0 Å². The predicted molar refractivity (Wildman–Crippen MR) is 123 cm³/mol.